The quantitative estimate of drug-likeness (QED) is 0.481. The molecule has 0 bridgehead atoms. The van der Waals surface area contributed by atoms with Crippen molar-refractivity contribution in [3.05, 3.63) is 0 Å². The molecule has 0 radical (unpaired) electrons. The molecule has 0 rings (SSSR count). The number of aliphatic carboxylic acids is 1. The molecule has 14 heteroatoms. The summed E-state index contributed by atoms with van der Waals surface area (Å²) in [7, 11) is 0. The summed E-state index contributed by atoms with van der Waals surface area (Å²) in [6, 6.07) is 0. The molecule has 0 aliphatic heterocycles. The van der Waals surface area contributed by atoms with E-state index < -0.39 is 5.97 Å². The number of nitrogens with two attached hydrogens (primary N) is 1. The van der Waals surface area contributed by atoms with Crippen molar-refractivity contribution in [3.63, 3.8) is 0 Å². The van der Waals surface area contributed by atoms with E-state index in [9.17, 15) is 4.79 Å². The van der Waals surface area contributed by atoms with Crippen LogP contribution in [0.4, 0.5) is 0 Å². The van der Waals surface area contributed by atoms with E-state index >= 15 is 0 Å². The van der Waals surface area contributed by atoms with Crippen LogP contribution in [0.1, 0.15) is 28.5 Å². The minimum Gasteiger partial charge on any atom is -1.00 e. The average Bonchev–Trinajstić information content (AvgIpc) is 1.38. The number of rotatable bonds is 1. The molecule has 0 spiro atoms. The Morgan fingerprint density at radius 2 is 0.875 bits per heavy atom. The SMILES string of the molecule is NCC(=O)O.O.[H-].[H-].[H-].[H-].[H-].[H-].[H-].[H-].[H-].[H-].[H-].[H-].[H-].[H-].[H-].[H-].[H-].[H-].[H-].[H-].[Mg+2].[Mg+2].[Mg+2].[Mg+2].[Mg+2].[Mg+2].[Mg+2].[Mg+2].[Mg+2].[Mg+2]. The minimum atomic E-state index is -0.968. The molecule has 0 saturated carbocycles. The summed E-state index contributed by atoms with van der Waals surface area (Å²) in [5.74, 6) is -0.968. The van der Waals surface area contributed by atoms with E-state index in [1.165, 1.54) is 0 Å². The van der Waals surface area contributed by atoms with Crippen LogP contribution in [0.2, 0.25) is 0 Å². The van der Waals surface area contributed by atoms with Gasteiger partial charge in [-0.25, -0.2) is 0 Å². The van der Waals surface area contributed by atoms with E-state index in [2.05, 4.69) is 5.73 Å². The number of carboxylic acid groups (broad SMARTS) is 1. The zero-order valence-electron chi connectivity index (χ0n) is 30.2. The molecule has 0 aromatic carbocycles. The van der Waals surface area contributed by atoms with Crippen molar-refractivity contribution in [2.45, 2.75) is 0 Å². The van der Waals surface area contributed by atoms with Crippen molar-refractivity contribution in [1.29, 1.82) is 0 Å². The Kier molecular flexibility index (Phi) is 459. The fourth-order valence-corrected chi connectivity index (χ4v) is 0. The van der Waals surface area contributed by atoms with Crippen LogP contribution in [0.5, 0.6) is 0 Å². The van der Waals surface area contributed by atoms with Crippen LogP contribution in [0.25, 0.3) is 0 Å². The molecule has 0 heterocycles. The first-order chi connectivity index (χ1) is 2.27. The van der Waals surface area contributed by atoms with Gasteiger partial charge in [0.25, 0.3) is 0 Å². The number of carboxylic acids is 1. The second kappa shape index (κ2) is 80.0. The number of carbonyl (C=O) groups is 1. The van der Waals surface area contributed by atoms with Crippen LogP contribution in [0.3, 0.4) is 0 Å². The largest absolute Gasteiger partial charge is 2.00 e. The summed E-state index contributed by atoms with van der Waals surface area (Å²) in [6.45, 7) is -0.278. The van der Waals surface area contributed by atoms with E-state index in [4.69, 9.17) is 5.11 Å². The molecule has 0 amide bonds. The maximum atomic E-state index is 9.24. The molecule has 4 nitrogen and oxygen atoms in total. The van der Waals surface area contributed by atoms with Gasteiger partial charge in [-0.05, 0) is 0 Å². The van der Waals surface area contributed by atoms with Crippen molar-refractivity contribution in [2.75, 3.05) is 6.54 Å². The Labute approximate surface area is 287 Å². The van der Waals surface area contributed by atoms with Crippen molar-refractivity contribution >= 4 is 236 Å². The van der Waals surface area contributed by atoms with Crippen molar-refractivity contribution in [1.82, 2.24) is 0 Å². The normalized spacial score (nSPS) is 2.31. The summed E-state index contributed by atoms with van der Waals surface area (Å²) in [6.07, 6.45) is 0. The standard InChI is InChI=1S/C2H5NO2.10Mg.H2O.20H/c3-1-2(4)5;;;;;;;;;;;;;;;;;;;;;;;;;;;;;;;/h1,3H2,(H,4,5);;;;;;;;;;;1H2;;;;;;;;;;;;;;;;;;;;/q;10*+2;;20*-1. The zero-order chi connectivity index (χ0) is 4.28. The predicted molar refractivity (Wildman–Crippen MR) is 100 cm³/mol. The monoisotopic (exact) mass is 353 g/mol. The van der Waals surface area contributed by atoms with Gasteiger partial charge in [0.1, 0.15) is 0 Å². The maximum absolute atomic E-state index is 9.24. The van der Waals surface area contributed by atoms with Gasteiger partial charge in [-0.15, -0.1) is 0 Å². The van der Waals surface area contributed by atoms with Crippen LogP contribution < -0.4 is 5.73 Å². The third kappa shape index (κ3) is 103. The first kappa shape index (κ1) is 91.8. The van der Waals surface area contributed by atoms with Gasteiger partial charge in [-0.3, -0.25) is 4.79 Å². The fraction of sp³-hybridized carbons (Fsp3) is 0.500. The molecule has 78 valence electrons. The van der Waals surface area contributed by atoms with E-state index in [1.807, 2.05) is 0 Å². The molecular formula is C2H27Mg10NO3. The van der Waals surface area contributed by atoms with E-state index in [-0.39, 0.29) is 271 Å². The Bertz CT molecular complexity index is 95.0. The second-order valence-corrected chi connectivity index (χ2v) is 0.598. The molecular weight excluding hydrogens is 329 g/mol. The number of hydrogen-bond acceptors (Lipinski definition) is 2. The Morgan fingerprint density at radius 3 is 0.875 bits per heavy atom. The number of hydrogen-bond donors (Lipinski definition) is 2. The predicted octanol–water partition coefficient (Wildman–Crippen LogP) is -3.35. The molecule has 0 aromatic heterocycles. The first-order valence-corrected chi connectivity index (χ1v) is 1.19. The van der Waals surface area contributed by atoms with Gasteiger partial charge in [0.2, 0.25) is 0 Å². The molecule has 0 aliphatic rings. The Balaban J connectivity index is -0.000000000172. The van der Waals surface area contributed by atoms with Crippen molar-refractivity contribution in [3.8, 4) is 0 Å². The first-order valence-electron chi connectivity index (χ1n) is 1.19. The van der Waals surface area contributed by atoms with Gasteiger partial charge >= 0.3 is 236 Å². The van der Waals surface area contributed by atoms with Crippen molar-refractivity contribution < 1.29 is 43.9 Å². The molecule has 0 unspecified atom stereocenters. The van der Waals surface area contributed by atoms with Gasteiger partial charge in [-0.2, -0.15) is 0 Å². The average molecular weight is 356 g/mol. The zero-order valence-corrected chi connectivity index (χ0v) is 24.4. The smallest absolute Gasteiger partial charge is 1.00 e. The molecule has 0 saturated heterocycles. The van der Waals surface area contributed by atoms with E-state index in [1.54, 1.807) is 0 Å². The minimum absolute atomic E-state index is 0. The summed E-state index contributed by atoms with van der Waals surface area (Å²) in [5, 5.41) is 7.60. The molecule has 16 heavy (non-hydrogen) atoms. The van der Waals surface area contributed by atoms with Gasteiger partial charge < -0.3 is 44.8 Å². The Morgan fingerprint density at radius 1 is 0.812 bits per heavy atom. The van der Waals surface area contributed by atoms with Crippen LogP contribution in [-0.2, 0) is 4.79 Å². The van der Waals surface area contributed by atoms with Gasteiger partial charge in [0.05, 0.1) is 6.54 Å². The molecule has 0 fully saturated rings. The van der Waals surface area contributed by atoms with Crippen LogP contribution in [0, 0.1) is 0 Å². The van der Waals surface area contributed by atoms with Crippen molar-refractivity contribution in [2.24, 2.45) is 5.73 Å². The van der Waals surface area contributed by atoms with Crippen LogP contribution in [0.15, 0.2) is 0 Å². The fourth-order valence-electron chi connectivity index (χ4n) is 0. The Hall–Kier alpha value is 7.05. The van der Waals surface area contributed by atoms with E-state index in [0.717, 1.165) is 0 Å². The second-order valence-electron chi connectivity index (χ2n) is 0.598. The topological polar surface area (TPSA) is 94.8 Å². The summed E-state index contributed by atoms with van der Waals surface area (Å²) >= 11 is 0. The third-order valence-electron chi connectivity index (χ3n) is 0.175. The molecule has 0 aromatic rings. The third-order valence-corrected chi connectivity index (χ3v) is 0.175. The van der Waals surface area contributed by atoms with Gasteiger partial charge in [0.15, 0.2) is 0 Å². The summed E-state index contributed by atoms with van der Waals surface area (Å²) in [5.41, 5.74) is 4.57. The molecule has 5 N–H and O–H groups in total. The van der Waals surface area contributed by atoms with E-state index in [0.29, 0.717) is 0 Å². The maximum Gasteiger partial charge on any atom is 2.00 e. The van der Waals surface area contributed by atoms with Gasteiger partial charge in [-0.1, -0.05) is 0 Å². The van der Waals surface area contributed by atoms with Crippen LogP contribution in [-0.4, -0.2) is 254 Å². The summed E-state index contributed by atoms with van der Waals surface area (Å²) in [4.78, 5) is 9.24. The summed E-state index contributed by atoms with van der Waals surface area (Å²) < 4.78 is 0. The molecule has 0 atom stereocenters. The van der Waals surface area contributed by atoms with Crippen LogP contribution >= 0.6 is 0 Å². The van der Waals surface area contributed by atoms with Gasteiger partial charge in [0, 0.05) is 0 Å². The molecule has 0 aliphatic carbocycles.